The highest BCUT2D eigenvalue weighted by Gasteiger charge is 2.18. The van der Waals surface area contributed by atoms with Crippen LogP contribution >= 0.6 is 22.9 Å². The summed E-state index contributed by atoms with van der Waals surface area (Å²) in [5.41, 5.74) is 0. The van der Waals surface area contributed by atoms with Crippen LogP contribution in [0.2, 0.25) is 5.15 Å². The minimum Gasteiger partial charge on any atom is -0.477 e. The van der Waals surface area contributed by atoms with Crippen molar-refractivity contribution < 1.29 is 18.3 Å². The number of carboxylic acid groups (broad SMARTS) is 1. The fraction of sp³-hybridized carbons (Fsp3) is 0.500. The Balaban J connectivity index is 2.80. The van der Waals surface area contributed by atoms with Crippen molar-refractivity contribution in [1.82, 2.24) is 4.98 Å². The molecule has 0 aliphatic heterocycles. The molecule has 0 aliphatic carbocycles. The fourth-order valence-electron chi connectivity index (χ4n) is 0.985. The third-order valence-electron chi connectivity index (χ3n) is 1.89. The molecule has 0 unspecified atom stereocenters. The van der Waals surface area contributed by atoms with Gasteiger partial charge in [-0.2, -0.15) is 0 Å². The zero-order valence-electron chi connectivity index (χ0n) is 9.18. The molecule has 96 valence electrons. The largest absolute Gasteiger partial charge is 0.477 e. The zero-order chi connectivity index (χ0) is 13.2. The maximum absolute atomic E-state index is 11.0. The van der Waals surface area contributed by atoms with Gasteiger partial charge in [-0.1, -0.05) is 22.9 Å². The lowest BCUT2D eigenvalue weighted by molar-refractivity contribution is 0.0702. The van der Waals surface area contributed by atoms with Gasteiger partial charge in [-0.05, 0) is 0 Å². The SMILES string of the molecule is CN(CCS(C)(=O)=O)c1nc(Cl)c(C(=O)O)s1. The summed E-state index contributed by atoms with van der Waals surface area (Å²) in [4.78, 5) is 16.1. The van der Waals surface area contributed by atoms with E-state index in [0.29, 0.717) is 5.13 Å². The van der Waals surface area contributed by atoms with Crippen LogP contribution in [0.25, 0.3) is 0 Å². The van der Waals surface area contributed by atoms with Gasteiger partial charge in [-0.15, -0.1) is 0 Å². The Morgan fingerprint density at radius 3 is 2.59 bits per heavy atom. The van der Waals surface area contributed by atoms with Crippen LogP contribution in [-0.4, -0.2) is 50.1 Å². The third-order valence-corrected chi connectivity index (χ3v) is 4.36. The van der Waals surface area contributed by atoms with Gasteiger partial charge in [0.15, 0.2) is 15.2 Å². The summed E-state index contributed by atoms with van der Waals surface area (Å²) in [5, 5.41) is 9.10. The fourth-order valence-corrected chi connectivity index (χ4v) is 2.70. The van der Waals surface area contributed by atoms with Crippen LogP contribution in [-0.2, 0) is 9.84 Å². The summed E-state index contributed by atoms with van der Waals surface area (Å²) < 4.78 is 22.0. The summed E-state index contributed by atoms with van der Waals surface area (Å²) in [6.07, 6.45) is 1.14. The van der Waals surface area contributed by atoms with Gasteiger partial charge >= 0.3 is 5.97 Å². The van der Waals surface area contributed by atoms with E-state index >= 15 is 0 Å². The Hall–Kier alpha value is -0.860. The molecule has 1 rings (SSSR count). The summed E-state index contributed by atoms with van der Waals surface area (Å²) in [6.45, 7) is 0.238. The van der Waals surface area contributed by atoms with Gasteiger partial charge in [0.1, 0.15) is 9.84 Å². The molecule has 0 atom stereocenters. The molecule has 0 radical (unpaired) electrons. The normalized spacial score (nSPS) is 11.5. The number of rotatable bonds is 5. The third kappa shape index (κ3) is 4.14. The molecule has 0 aliphatic rings. The van der Waals surface area contributed by atoms with Crippen molar-refractivity contribution in [2.75, 3.05) is 30.5 Å². The maximum Gasteiger partial charge on any atom is 0.349 e. The molecule has 0 aromatic carbocycles. The van der Waals surface area contributed by atoms with Crippen molar-refractivity contribution in [3.63, 3.8) is 0 Å². The minimum atomic E-state index is -3.06. The number of anilines is 1. The standard InChI is InChI=1S/C8H11ClN2O4S2/c1-11(3-4-17(2,14)15)8-10-6(9)5(16-8)7(12)13/h3-4H2,1-2H3,(H,12,13). The first-order valence-electron chi connectivity index (χ1n) is 4.49. The molecule has 0 amide bonds. The number of hydrogen-bond donors (Lipinski definition) is 1. The Bertz CT molecular complexity index is 526. The lowest BCUT2D eigenvalue weighted by Gasteiger charge is -2.14. The smallest absolute Gasteiger partial charge is 0.349 e. The molecule has 0 bridgehead atoms. The van der Waals surface area contributed by atoms with Crippen molar-refractivity contribution in [2.24, 2.45) is 0 Å². The monoisotopic (exact) mass is 298 g/mol. The van der Waals surface area contributed by atoms with Crippen LogP contribution < -0.4 is 4.90 Å². The molecule has 17 heavy (non-hydrogen) atoms. The van der Waals surface area contributed by atoms with E-state index in [1.807, 2.05) is 0 Å². The number of aromatic carboxylic acids is 1. The van der Waals surface area contributed by atoms with Gasteiger partial charge in [0.05, 0.1) is 5.75 Å². The first kappa shape index (κ1) is 14.2. The molecular formula is C8H11ClN2O4S2. The lowest BCUT2D eigenvalue weighted by Crippen LogP contribution is -2.24. The molecular weight excluding hydrogens is 288 g/mol. The van der Waals surface area contributed by atoms with Crippen LogP contribution in [0.15, 0.2) is 0 Å². The average molecular weight is 299 g/mol. The number of halogens is 1. The van der Waals surface area contributed by atoms with Crippen LogP contribution in [0.1, 0.15) is 9.67 Å². The molecule has 1 N–H and O–H groups in total. The van der Waals surface area contributed by atoms with E-state index in [9.17, 15) is 13.2 Å². The van der Waals surface area contributed by atoms with E-state index in [4.69, 9.17) is 16.7 Å². The molecule has 0 spiro atoms. The van der Waals surface area contributed by atoms with Gasteiger partial charge in [-0.3, -0.25) is 0 Å². The van der Waals surface area contributed by atoms with Crippen molar-refractivity contribution >= 4 is 43.9 Å². The Labute approximate surface area is 108 Å². The Morgan fingerprint density at radius 1 is 1.59 bits per heavy atom. The first-order valence-corrected chi connectivity index (χ1v) is 7.74. The molecule has 0 saturated carbocycles. The van der Waals surface area contributed by atoms with Crippen molar-refractivity contribution in [1.29, 1.82) is 0 Å². The van der Waals surface area contributed by atoms with Crippen molar-refractivity contribution in [3.8, 4) is 0 Å². The van der Waals surface area contributed by atoms with E-state index in [1.165, 1.54) is 0 Å². The summed E-state index contributed by atoms with van der Waals surface area (Å²) >= 11 is 6.56. The van der Waals surface area contributed by atoms with E-state index in [-0.39, 0.29) is 22.3 Å². The predicted molar refractivity (Wildman–Crippen MR) is 67.1 cm³/mol. The number of aromatic nitrogens is 1. The summed E-state index contributed by atoms with van der Waals surface area (Å²) in [7, 11) is -1.43. The van der Waals surface area contributed by atoms with Gasteiger partial charge in [0, 0.05) is 19.8 Å². The summed E-state index contributed by atoms with van der Waals surface area (Å²) in [5.74, 6) is -1.17. The molecule has 9 heteroatoms. The van der Waals surface area contributed by atoms with Gasteiger partial charge in [0.2, 0.25) is 0 Å². The highest BCUT2D eigenvalue weighted by Crippen LogP contribution is 2.28. The molecule has 0 saturated heterocycles. The van der Waals surface area contributed by atoms with Crippen LogP contribution in [0.5, 0.6) is 0 Å². The molecule has 1 heterocycles. The second kappa shape index (κ2) is 5.19. The molecule has 1 aromatic heterocycles. The van der Waals surface area contributed by atoms with Gasteiger partial charge in [-0.25, -0.2) is 18.2 Å². The second-order valence-electron chi connectivity index (χ2n) is 3.47. The first-order chi connectivity index (χ1) is 7.70. The van der Waals surface area contributed by atoms with Gasteiger partial charge < -0.3 is 10.0 Å². The molecule has 6 nitrogen and oxygen atoms in total. The number of carbonyl (C=O) groups is 1. The van der Waals surface area contributed by atoms with E-state index < -0.39 is 15.8 Å². The highest BCUT2D eigenvalue weighted by atomic mass is 35.5. The van der Waals surface area contributed by atoms with E-state index in [0.717, 1.165) is 17.6 Å². The number of thiazole rings is 1. The second-order valence-corrected chi connectivity index (χ2v) is 7.07. The Kier molecular flexibility index (Phi) is 4.34. The van der Waals surface area contributed by atoms with Gasteiger partial charge in [0.25, 0.3) is 0 Å². The Morgan fingerprint density at radius 2 is 2.18 bits per heavy atom. The zero-order valence-corrected chi connectivity index (χ0v) is 11.6. The number of nitrogens with zero attached hydrogens (tertiary/aromatic N) is 2. The number of carboxylic acids is 1. The number of hydrogen-bond acceptors (Lipinski definition) is 6. The minimum absolute atomic E-state index is 0.0247. The van der Waals surface area contributed by atoms with Crippen LogP contribution in [0, 0.1) is 0 Å². The maximum atomic E-state index is 11.0. The quantitative estimate of drug-likeness (QED) is 0.872. The van der Waals surface area contributed by atoms with Crippen molar-refractivity contribution in [3.05, 3.63) is 10.0 Å². The van der Waals surface area contributed by atoms with Crippen LogP contribution in [0.4, 0.5) is 5.13 Å². The molecule has 0 fully saturated rings. The lowest BCUT2D eigenvalue weighted by atomic mass is 10.6. The van der Waals surface area contributed by atoms with Crippen molar-refractivity contribution in [2.45, 2.75) is 0 Å². The topological polar surface area (TPSA) is 87.6 Å². The average Bonchev–Trinajstić information content (AvgIpc) is 2.55. The van der Waals surface area contributed by atoms with E-state index in [2.05, 4.69) is 4.98 Å². The predicted octanol–water partition coefficient (Wildman–Crippen LogP) is 0.976. The highest BCUT2D eigenvalue weighted by molar-refractivity contribution is 7.90. The van der Waals surface area contributed by atoms with Crippen LogP contribution in [0.3, 0.4) is 0 Å². The van der Waals surface area contributed by atoms with E-state index in [1.54, 1.807) is 11.9 Å². The molecule has 1 aromatic rings. The summed E-state index contributed by atoms with van der Waals surface area (Å²) in [6, 6.07) is 0. The number of sulfone groups is 1.